The summed E-state index contributed by atoms with van der Waals surface area (Å²) in [4.78, 5) is 22.1. The number of anilines is 2. The summed E-state index contributed by atoms with van der Waals surface area (Å²) in [5, 5.41) is 16.9. The smallest absolute Gasteiger partial charge is 0.294 e. The number of aryl methyl sites for hydroxylation is 1. The van der Waals surface area contributed by atoms with Crippen LogP contribution in [0.5, 0.6) is 0 Å². The Morgan fingerprint density at radius 3 is 3.00 bits per heavy atom. The number of thioether (sulfide) groups is 1. The minimum Gasteiger partial charge on any atom is -0.379 e. The van der Waals surface area contributed by atoms with Crippen molar-refractivity contribution in [1.82, 2.24) is 0 Å². The molecule has 0 fully saturated rings. The molecule has 21 heavy (non-hydrogen) atoms. The van der Waals surface area contributed by atoms with Gasteiger partial charge in [0.05, 0.1) is 10.6 Å². The number of rotatable bonds is 7. The van der Waals surface area contributed by atoms with Crippen molar-refractivity contribution in [1.29, 1.82) is 0 Å². The highest BCUT2D eigenvalue weighted by Gasteiger charge is 2.22. The summed E-state index contributed by atoms with van der Waals surface area (Å²) in [5.74, 6) is 1.61. The van der Waals surface area contributed by atoms with E-state index in [1.165, 1.54) is 6.07 Å². The fourth-order valence-corrected chi connectivity index (χ4v) is 2.71. The van der Waals surface area contributed by atoms with Gasteiger partial charge < -0.3 is 10.6 Å². The lowest BCUT2D eigenvalue weighted by molar-refractivity contribution is -0.383. The summed E-state index contributed by atoms with van der Waals surface area (Å²) in [5.41, 5.74) is 1.98. The number of nitrogens with zero attached hydrogens (tertiary/aromatic N) is 1. The number of amides is 1. The van der Waals surface area contributed by atoms with Crippen molar-refractivity contribution in [2.75, 3.05) is 28.7 Å². The van der Waals surface area contributed by atoms with Crippen molar-refractivity contribution >= 4 is 34.7 Å². The maximum atomic E-state index is 11.4. The Morgan fingerprint density at radius 1 is 1.48 bits per heavy atom. The van der Waals surface area contributed by atoms with Gasteiger partial charge >= 0.3 is 0 Å². The number of carbonyl (C=O) groups is 1. The highest BCUT2D eigenvalue weighted by atomic mass is 32.2. The van der Waals surface area contributed by atoms with E-state index >= 15 is 0 Å². The van der Waals surface area contributed by atoms with E-state index in [2.05, 4.69) is 17.2 Å². The maximum absolute atomic E-state index is 11.4. The topological polar surface area (TPSA) is 84.3 Å². The summed E-state index contributed by atoms with van der Waals surface area (Å²) in [6.45, 7) is 4.29. The lowest BCUT2D eigenvalue weighted by Crippen LogP contribution is -2.19. The average molecular weight is 307 g/mol. The second-order valence-corrected chi connectivity index (χ2v) is 5.77. The fourth-order valence-electron chi connectivity index (χ4n) is 2.13. The predicted molar refractivity (Wildman–Crippen MR) is 86.1 cm³/mol. The van der Waals surface area contributed by atoms with Gasteiger partial charge in [-0.05, 0) is 18.1 Å². The summed E-state index contributed by atoms with van der Waals surface area (Å²) in [6.07, 6.45) is 2.85. The van der Waals surface area contributed by atoms with E-state index in [4.69, 9.17) is 0 Å². The Kier molecular flexibility index (Phi) is 5.21. The SMILES string of the molecule is C=CCSCCNc1cc2c(cc1[N+](=O)[O-])NC(=O)CC2. The van der Waals surface area contributed by atoms with Crippen molar-refractivity contribution in [2.24, 2.45) is 0 Å². The van der Waals surface area contributed by atoms with Gasteiger partial charge in [-0.2, -0.15) is 11.8 Å². The third-order valence-corrected chi connectivity index (χ3v) is 4.08. The van der Waals surface area contributed by atoms with Crippen LogP contribution in [-0.4, -0.2) is 28.9 Å². The molecule has 1 aromatic carbocycles. The molecule has 0 aliphatic carbocycles. The van der Waals surface area contributed by atoms with Gasteiger partial charge in [0.15, 0.2) is 0 Å². The molecule has 6 nitrogen and oxygen atoms in total. The summed E-state index contributed by atoms with van der Waals surface area (Å²) in [6, 6.07) is 3.21. The molecule has 0 bridgehead atoms. The van der Waals surface area contributed by atoms with Crippen molar-refractivity contribution in [3.05, 3.63) is 40.5 Å². The minimum atomic E-state index is -0.430. The van der Waals surface area contributed by atoms with Gasteiger partial charge in [0, 0.05) is 30.5 Å². The third kappa shape index (κ3) is 3.98. The number of hydrogen-bond donors (Lipinski definition) is 2. The number of nitrogens with one attached hydrogen (secondary N) is 2. The maximum Gasteiger partial charge on any atom is 0.294 e. The van der Waals surface area contributed by atoms with Gasteiger partial charge in [-0.25, -0.2) is 0 Å². The van der Waals surface area contributed by atoms with E-state index in [1.807, 2.05) is 6.08 Å². The van der Waals surface area contributed by atoms with Crippen LogP contribution in [0.2, 0.25) is 0 Å². The van der Waals surface area contributed by atoms with Crippen LogP contribution < -0.4 is 10.6 Å². The number of nitro benzene ring substituents is 1. The molecule has 7 heteroatoms. The van der Waals surface area contributed by atoms with Crippen LogP contribution in [0.3, 0.4) is 0 Å². The monoisotopic (exact) mass is 307 g/mol. The van der Waals surface area contributed by atoms with Crippen LogP contribution in [0.15, 0.2) is 24.8 Å². The molecule has 112 valence electrons. The molecule has 1 heterocycles. The summed E-state index contributed by atoms with van der Waals surface area (Å²) >= 11 is 1.71. The average Bonchev–Trinajstić information content (AvgIpc) is 2.46. The number of carbonyl (C=O) groups excluding carboxylic acids is 1. The van der Waals surface area contributed by atoms with Gasteiger partial charge in [-0.15, -0.1) is 6.58 Å². The van der Waals surface area contributed by atoms with Crippen LogP contribution >= 0.6 is 11.8 Å². The van der Waals surface area contributed by atoms with Crippen LogP contribution in [-0.2, 0) is 11.2 Å². The van der Waals surface area contributed by atoms with E-state index in [0.717, 1.165) is 17.1 Å². The number of hydrogen-bond acceptors (Lipinski definition) is 5. The van der Waals surface area contributed by atoms with Gasteiger partial charge in [-0.1, -0.05) is 6.08 Å². The number of nitro groups is 1. The molecule has 1 aliphatic heterocycles. The standard InChI is InChI=1S/C14H17N3O3S/c1-2-6-21-7-5-15-12-8-10-3-4-14(18)16-11(10)9-13(12)17(19)20/h2,8-9,15H,1,3-7H2,(H,16,18). The first kappa shape index (κ1) is 15.4. The van der Waals surface area contributed by atoms with E-state index in [9.17, 15) is 14.9 Å². The highest BCUT2D eigenvalue weighted by Crippen LogP contribution is 2.34. The zero-order chi connectivity index (χ0) is 15.2. The quantitative estimate of drug-likeness (QED) is 0.350. The number of fused-ring (bicyclic) bond motifs is 1. The lowest BCUT2D eigenvalue weighted by atomic mass is 10.0. The first-order valence-electron chi connectivity index (χ1n) is 6.65. The molecule has 1 aliphatic rings. The predicted octanol–water partition coefficient (Wildman–Crippen LogP) is 2.81. The van der Waals surface area contributed by atoms with Crippen LogP contribution in [0, 0.1) is 10.1 Å². The molecule has 0 atom stereocenters. The Hall–Kier alpha value is -2.02. The first-order valence-corrected chi connectivity index (χ1v) is 7.81. The zero-order valence-corrected chi connectivity index (χ0v) is 12.4. The van der Waals surface area contributed by atoms with Gasteiger partial charge in [0.1, 0.15) is 5.69 Å². The van der Waals surface area contributed by atoms with E-state index < -0.39 is 4.92 Å². The van der Waals surface area contributed by atoms with E-state index in [-0.39, 0.29) is 11.6 Å². The Morgan fingerprint density at radius 2 is 2.29 bits per heavy atom. The fraction of sp³-hybridized carbons (Fsp3) is 0.357. The van der Waals surface area contributed by atoms with Gasteiger partial charge in [0.2, 0.25) is 5.91 Å². The van der Waals surface area contributed by atoms with Crippen LogP contribution in [0.1, 0.15) is 12.0 Å². The molecule has 0 unspecified atom stereocenters. The van der Waals surface area contributed by atoms with Crippen molar-refractivity contribution in [3.63, 3.8) is 0 Å². The van der Waals surface area contributed by atoms with Crippen molar-refractivity contribution < 1.29 is 9.72 Å². The van der Waals surface area contributed by atoms with Crippen LogP contribution in [0.4, 0.5) is 17.1 Å². The van der Waals surface area contributed by atoms with Crippen LogP contribution in [0.25, 0.3) is 0 Å². The van der Waals surface area contributed by atoms with Crippen molar-refractivity contribution in [3.8, 4) is 0 Å². The lowest BCUT2D eigenvalue weighted by Gasteiger charge is -2.18. The largest absolute Gasteiger partial charge is 0.379 e. The molecule has 1 aromatic rings. The molecule has 0 spiro atoms. The normalized spacial score (nSPS) is 13.2. The molecular weight excluding hydrogens is 290 g/mol. The minimum absolute atomic E-state index is 0.00956. The van der Waals surface area contributed by atoms with E-state index in [0.29, 0.717) is 30.8 Å². The molecular formula is C14H17N3O3S. The summed E-state index contributed by atoms with van der Waals surface area (Å²) in [7, 11) is 0. The molecule has 0 radical (unpaired) electrons. The Labute approximate surface area is 127 Å². The second-order valence-electron chi connectivity index (χ2n) is 4.62. The zero-order valence-electron chi connectivity index (χ0n) is 11.6. The molecule has 2 N–H and O–H groups in total. The number of benzene rings is 1. The molecule has 0 aromatic heterocycles. The first-order chi connectivity index (χ1) is 10.1. The second kappa shape index (κ2) is 7.12. The molecule has 0 saturated carbocycles. The Bertz CT molecular complexity index is 575. The molecule has 1 amide bonds. The van der Waals surface area contributed by atoms with Crippen molar-refractivity contribution in [2.45, 2.75) is 12.8 Å². The van der Waals surface area contributed by atoms with Gasteiger partial charge in [0.25, 0.3) is 5.69 Å². The highest BCUT2D eigenvalue weighted by molar-refractivity contribution is 7.99. The molecule has 2 rings (SSSR count). The molecule has 0 saturated heterocycles. The van der Waals surface area contributed by atoms with E-state index in [1.54, 1.807) is 17.8 Å². The van der Waals surface area contributed by atoms with Gasteiger partial charge in [-0.3, -0.25) is 14.9 Å². The third-order valence-electron chi connectivity index (χ3n) is 3.11. The Balaban J connectivity index is 2.13. The summed E-state index contributed by atoms with van der Waals surface area (Å²) < 4.78 is 0.